The van der Waals surface area contributed by atoms with Gasteiger partial charge in [-0.05, 0) is 26.3 Å². The Hall–Kier alpha value is -0.610. The smallest absolute Gasteiger partial charge is 0.130 e. The highest BCUT2D eigenvalue weighted by Crippen LogP contribution is 2.23. The van der Waals surface area contributed by atoms with Crippen molar-refractivity contribution < 1.29 is 4.39 Å². The van der Waals surface area contributed by atoms with Crippen LogP contribution < -0.4 is 5.32 Å². The summed E-state index contributed by atoms with van der Waals surface area (Å²) in [5.41, 5.74) is 1.67. The van der Waals surface area contributed by atoms with E-state index in [1.807, 2.05) is 6.92 Å². The van der Waals surface area contributed by atoms with Crippen LogP contribution in [0.15, 0.2) is 0 Å². The molecule has 5 heteroatoms. The van der Waals surface area contributed by atoms with Gasteiger partial charge in [-0.3, -0.25) is 4.68 Å². The molecule has 2 heterocycles. The van der Waals surface area contributed by atoms with Gasteiger partial charge in [0.25, 0.3) is 0 Å². The standard InChI is InChI=1S/C11H17ClFN3/c1-7-8(11(12)16(2)15-7)6-9(13)10-4-3-5-14-10/h9-10,14H,3-6H2,1-2H3. The molecule has 1 aromatic heterocycles. The van der Waals surface area contributed by atoms with E-state index in [-0.39, 0.29) is 6.04 Å². The lowest BCUT2D eigenvalue weighted by Crippen LogP contribution is -2.33. The highest BCUT2D eigenvalue weighted by Gasteiger charge is 2.26. The van der Waals surface area contributed by atoms with Gasteiger partial charge in [0.2, 0.25) is 0 Å². The normalized spacial score (nSPS) is 22.6. The predicted molar refractivity (Wildman–Crippen MR) is 62.6 cm³/mol. The average molecular weight is 246 g/mol. The van der Waals surface area contributed by atoms with E-state index in [4.69, 9.17) is 11.6 Å². The van der Waals surface area contributed by atoms with Crippen molar-refractivity contribution in [2.45, 2.75) is 38.4 Å². The molecule has 16 heavy (non-hydrogen) atoms. The SMILES string of the molecule is Cc1nn(C)c(Cl)c1CC(F)C1CCCN1. The van der Waals surface area contributed by atoms with Crippen LogP contribution in [0.2, 0.25) is 5.15 Å². The fourth-order valence-electron chi connectivity index (χ4n) is 2.26. The predicted octanol–water partition coefficient (Wildman–Crippen LogP) is 2.01. The Labute approximate surface area is 100.0 Å². The van der Waals surface area contributed by atoms with Crippen LogP contribution in [0.5, 0.6) is 0 Å². The van der Waals surface area contributed by atoms with E-state index in [1.165, 1.54) is 0 Å². The first-order chi connectivity index (χ1) is 7.59. The number of nitrogens with zero attached hydrogens (tertiary/aromatic N) is 2. The highest BCUT2D eigenvalue weighted by atomic mass is 35.5. The number of hydrogen-bond acceptors (Lipinski definition) is 2. The summed E-state index contributed by atoms with van der Waals surface area (Å²) in [5, 5.41) is 7.92. The molecule has 0 bridgehead atoms. The van der Waals surface area contributed by atoms with Crippen molar-refractivity contribution in [2.24, 2.45) is 7.05 Å². The molecule has 2 rings (SSSR count). The van der Waals surface area contributed by atoms with Crippen LogP contribution in [-0.2, 0) is 13.5 Å². The number of hydrogen-bond donors (Lipinski definition) is 1. The van der Waals surface area contributed by atoms with Gasteiger partial charge >= 0.3 is 0 Å². The largest absolute Gasteiger partial charge is 0.311 e. The lowest BCUT2D eigenvalue weighted by Gasteiger charge is -2.15. The topological polar surface area (TPSA) is 29.9 Å². The van der Waals surface area contributed by atoms with Gasteiger partial charge in [-0.15, -0.1) is 0 Å². The van der Waals surface area contributed by atoms with Crippen molar-refractivity contribution in [2.75, 3.05) is 6.54 Å². The number of nitrogens with one attached hydrogen (secondary N) is 1. The third-order valence-electron chi connectivity index (χ3n) is 3.20. The van der Waals surface area contributed by atoms with Crippen molar-refractivity contribution >= 4 is 11.6 Å². The van der Waals surface area contributed by atoms with Crippen LogP contribution in [0.25, 0.3) is 0 Å². The van der Waals surface area contributed by atoms with E-state index in [2.05, 4.69) is 10.4 Å². The van der Waals surface area contributed by atoms with Gasteiger partial charge in [-0.2, -0.15) is 5.10 Å². The van der Waals surface area contributed by atoms with E-state index in [0.29, 0.717) is 11.6 Å². The van der Waals surface area contributed by atoms with Gasteiger partial charge < -0.3 is 5.32 Å². The minimum Gasteiger partial charge on any atom is -0.311 e. The van der Waals surface area contributed by atoms with Crippen LogP contribution in [-0.4, -0.2) is 28.5 Å². The van der Waals surface area contributed by atoms with Gasteiger partial charge in [0, 0.05) is 25.1 Å². The number of aryl methyl sites for hydroxylation is 2. The molecular weight excluding hydrogens is 229 g/mol. The first kappa shape index (κ1) is 11.9. The van der Waals surface area contributed by atoms with Gasteiger partial charge in [0.1, 0.15) is 11.3 Å². The second-order valence-corrected chi connectivity index (χ2v) is 4.76. The summed E-state index contributed by atoms with van der Waals surface area (Å²) in [6.07, 6.45) is 1.46. The Morgan fingerprint density at radius 2 is 2.44 bits per heavy atom. The summed E-state index contributed by atoms with van der Waals surface area (Å²) >= 11 is 6.08. The molecule has 1 aliphatic heterocycles. The maximum Gasteiger partial charge on any atom is 0.130 e. The molecule has 1 fully saturated rings. The number of halogens is 2. The minimum atomic E-state index is -0.872. The number of aromatic nitrogens is 2. The van der Waals surface area contributed by atoms with Crippen LogP contribution in [0.3, 0.4) is 0 Å². The molecule has 1 aromatic rings. The number of alkyl halides is 1. The number of rotatable bonds is 3. The molecule has 0 spiro atoms. The Morgan fingerprint density at radius 3 is 2.94 bits per heavy atom. The molecule has 3 nitrogen and oxygen atoms in total. The second-order valence-electron chi connectivity index (χ2n) is 4.40. The molecular formula is C11H17ClFN3. The molecule has 90 valence electrons. The Balaban J connectivity index is 2.07. The molecule has 2 unspecified atom stereocenters. The van der Waals surface area contributed by atoms with E-state index in [0.717, 1.165) is 30.6 Å². The van der Waals surface area contributed by atoms with E-state index >= 15 is 0 Å². The summed E-state index contributed by atoms with van der Waals surface area (Å²) in [7, 11) is 1.78. The Morgan fingerprint density at radius 1 is 1.69 bits per heavy atom. The molecule has 2 atom stereocenters. The van der Waals surface area contributed by atoms with Crippen molar-refractivity contribution in [3.05, 3.63) is 16.4 Å². The monoisotopic (exact) mass is 245 g/mol. The van der Waals surface area contributed by atoms with Gasteiger partial charge in [-0.25, -0.2) is 4.39 Å². The van der Waals surface area contributed by atoms with Crippen molar-refractivity contribution in [1.82, 2.24) is 15.1 Å². The van der Waals surface area contributed by atoms with Crippen LogP contribution in [0, 0.1) is 6.92 Å². The molecule has 0 radical (unpaired) electrons. The minimum absolute atomic E-state index is 0.0179. The molecule has 0 aliphatic carbocycles. The van der Waals surface area contributed by atoms with Crippen LogP contribution in [0.1, 0.15) is 24.1 Å². The van der Waals surface area contributed by atoms with E-state index in [1.54, 1.807) is 11.7 Å². The van der Waals surface area contributed by atoms with Crippen LogP contribution in [0.4, 0.5) is 4.39 Å². The molecule has 1 saturated heterocycles. The summed E-state index contributed by atoms with van der Waals surface area (Å²) in [6, 6.07) is -0.0179. The van der Waals surface area contributed by atoms with Crippen molar-refractivity contribution in [3.8, 4) is 0 Å². The van der Waals surface area contributed by atoms with E-state index in [9.17, 15) is 4.39 Å². The van der Waals surface area contributed by atoms with Crippen molar-refractivity contribution in [3.63, 3.8) is 0 Å². The maximum absolute atomic E-state index is 14.0. The fourth-order valence-corrected chi connectivity index (χ4v) is 2.51. The second kappa shape index (κ2) is 4.72. The third kappa shape index (κ3) is 2.23. The van der Waals surface area contributed by atoms with Gasteiger partial charge in [0.05, 0.1) is 5.69 Å². The zero-order valence-corrected chi connectivity index (χ0v) is 10.4. The maximum atomic E-state index is 14.0. The summed E-state index contributed by atoms with van der Waals surface area (Å²) < 4.78 is 15.6. The third-order valence-corrected chi connectivity index (χ3v) is 3.68. The highest BCUT2D eigenvalue weighted by molar-refractivity contribution is 6.30. The summed E-state index contributed by atoms with van der Waals surface area (Å²) in [6.45, 7) is 2.79. The Bertz CT molecular complexity index is 372. The van der Waals surface area contributed by atoms with E-state index < -0.39 is 6.17 Å². The summed E-state index contributed by atoms with van der Waals surface area (Å²) in [5.74, 6) is 0. The fraction of sp³-hybridized carbons (Fsp3) is 0.727. The van der Waals surface area contributed by atoms with Crippen molar-refractivity contribution in [1.29, 1.82) is 0 Å². The molecule has 1 aliphatic rings. The molecule has 0 saturated carbocycles. The average Bonchev–Trinajstić information content (AvgIpc) is 2.83. The lowest BCUT2D eigenvalue weighted by atomic mass is 10.0. The molecule has 1 N–H and O–H groups in total. The lowest BCUT2D eigenvalue weighted by molar-refractivity contribution is 0.263. The quantitative estimate of drug-likeness (QED) is 0.883. The molecule has 0 amide bonds. The van der Waals surface area contributed by atoms with Crippen LogP contribution >= 0.6 is 11.6 Å². The molecule has 0 aromatic carbocycles. The zero-order chi connectivity index (χ0) is 11.7. The summed E-state index contributed by atoms with van der Waals surface area (Å²) in [4.78, 5) is 0. The first-order valence-electron chi connectivity index (χ1n) is 5.65. The Kier molecular flexibility index (Phi) is 3.50. The zero-order valence-electron chi connectivity index (χ0n) is 9.63. The first-order valence-corrected chi connectivity index (χ1v) is 6.03. The van der Waals surface area contributed by atoms with Gasteiger partial charge in [-0.1, -0.05) is 11.6 Å². The van der Waals surface area contributed by atoms with Gasteiger partial charge in [0.15, 0.2) is 0 Å².